The van der Waals surface area contributed by atoms with Gasteiger partial charge in [-0.1, -0.05) is 24.2 Å². The molecule has 11 heavy (non-hydrogen) atoms. The van der Waals surface area contributed by atoms with Crippen molar-refractivity contribution in [2.45, 2.75) is 13.3 Å². The van der Waals surface area contributed by atoms with Gasteiger partial charge in [-0.3, -0.25) is 0 Å². The number of nitrogens with zero attached hydrogens (tertiary/aromatic N) is 1. The molecule has 0 amide bonds. The second kappa shape index (κ2) is 2.38. The van der Waals surface area contributed by atoms with Crippen molar-refractivity contribution in [3.8, 4) is 0 Å². The topological polar surface area (TPSA) is 26.0 Å². The van der Waals surface area contributed by atoms with E-state index in [1.165, 1.54) is 5.56 Å². The summed E-state index contributed by atoms with van der Waals surface area (Å²) in [5.41, 5.74) is 2.15. The summed E-state index contributed by atoms with van der Waals surface area (Å²) < 4.78 is 5.09. The molecule has 1 heterocycles. The number of rotatable bonds is 1. The third-order valence-electron chi connectivity index (χ3n) is 1.84. The summed E-state index contributed by atoms with van der Waals surface area (Å²) in [6.07, 6.45) is 2.74. The highest BCUT2D eigenvalue weighted by Gasteiger charge is 2.01. The Bertz CT molecular complexity index is 364. The first kappa shape index (κ1) is 6.40. The fraction of sp³-hybridized carbons (Fsp3) is 0.222. The van der Waals surface area contributed by atoms with E-state index in [0.29, 0.717) is 0 Å². The molecular formula is C9H9NO. The maximum atomic E-state index is 5.09. The van der Waals surface area contributed by atoms with Crippen LogP contribution in [-0.4, -0.2) is 5.16 Å². The maximum absolute atomic E-state index is 5.09. The van der Waals surface area contributed by atoms with Crippen LogP contribution in [0.5, 0.6) is 0 Å². The third kappa shape index (κ3) is 0.909. The summed E-state index contributed by atoms with van der Waals surface area (Å²) in [6.45, 7) is 2.11. The minimum absolute atomic E-state index is 0.926. The normalized spacial score (nSPS) is 10.6. The molecule has 0 radical (unpaired) electrons. The first-order valence-corrected chi connectivity index (χ1v) is 3.74. The molecule has 0 aliphatic carbocycles. The van der Waals surface area contributed by atoms with Gasteiger partial charge in [0.05, 0.1) is 6.20 Å². The summed E-state index contributed by atoms with van der Waals surface area (Å²) in [6, 6.07) is 6.09. The zero-order valence-electron chi connectivity index (χ0n) is 6.37. The molecule has 2 heteroatoms. The van der Waals surface area contributed by atoms with Crippen LogP contribution < -0.4 is 0 Å². The Kier molecular flexibility index (Phi) is 1.39. The molecule has 0 N–H and O–H groups in total. The van der Waals surface area contributed by atoms with Gasteiger partial charge in [0.25, 0.3) is 0 Å². The predicted molar refractivity (Wildman–Crippen MR) is 43.4 cm³/mol. The van der Waals surface area contributed by atoms with Gasteiger partial charge in [-0.05, 0) is 18.1 Å². The molecule has 0 atom stereocenters. The Morgan fingerprint density at radius 2 is 2.36 bits per heavy atom. The third-order valence-corrected chi connectivity index (χ3v) is 1.84. The molecule has 0 saturated heterocycles. The van der Waals surface area contributed by atoms with Gasteiger partial charge in [0.1, 0.15) is 0 Å². The molecule has 1 aromatic heterocycles. The Morgan fingerprint density at radius 1 is 1.45 bits per heavy atom. The largest absolute Gasteiger partial charge is 0.356 e. The van der Waals surface area contributed by atoms with E-state index in [4.69, 9.17) is 4.52 Å². The average molecular weight is 147 g/mol. The van der Waals surface area contributed by atoms with Crippen molar-refractivity contribution in [2.75, 3.05) is 0 Å². The molecular weight excluding hydrogens is 138 g/mol. The Balaban J connectivity index is 2.79. The van der Waals surface area contributed by atoms with Crippen molar-refractivity contribution in [3.63, 3.8) is 0 Å². The molecule has 2 nitrogen and oxygen atoms in total. The van der Waals surface area contributed by atoms with Gasteiger partial charge >= 0.3 is 0 Å². The highest BCUT2D eigenvalue weighted by Crippen LogP contribution is 2.17. The van der Waals surface area contributed by atoms with Gasteiger partial charge in [-0.15, -0.1) is 0 Å². The maximum Gasteiger partial charge on any atom is 0.170 e. The summed E-state index contributed by atoms with van der Waals surface area (Å²) >= 11 is 0. The van der Waals surface area contributed by atoms with E-state index in [0.717, 1.165) is 17.4 Å². The number of aromatic nitrogens is 1. The standard InChI is InChI=1S/C9H9NO/c1-2-7-4-3-5-8-6-10-11-9(7)8/h3-6H,2H2,1H3. The van der Waals surface area contributed by atoms with Crippen LogP contribution in [0.25, 0.3) is 11.0 Å². The Labute approximate surface area is 64.8 Å². The minimum Gasteiger partial charge on any atom is -0.356 e. The second-order valence-electron chi connectivity index (χ2n) is 2.51. The van der Waals surface area contributed by atoms with Gasteiger partial charge < -0.3 is 4.52 Å². The fourth-order valence-electron chi connectivity index (χ4n) is 1.23. The number of hydrogen-bond acceptors (Lipinski definition) is 2. The molecule has 0 fully saturated rings. The minimum atomic E-state index is 0.926. The summed E-state index contributed by atoms with van der Waals surface area (Å²) in [4.78, 5) is 0. The molecule has 1 aromatic carbocycles. The molecule has 0 unspecified atom stereocenters. The molecule has 0 aliphatic rings. The smallest absolute Gasteiger partial charge is 0.170 e. The van der Waals surface area contributed by atoms with Crippen LogP contribution in [0, 0.1) is 0 Å². The zero-order valence-corrected chi connectivity index (χ0v) is 6.37. The van der Waals surface area contributed by atoms with E-state index in [1.54, 1.807) is 6.20 Å². The molecule has 0 saturated carbocycles. The van der Waals surface area contributed by atoms with Gasteiger partial charge in [0, 0.05) is 5.39 Å². The number of hydrogen-bond donors (Lipinski definition) is 0. The van der Waals surface area contributed by atoms with Crippen molar-refractivity contribution in [3.05, 3.63) is 30.0 Å². The lowest BCUT2D eigenvalue weighted by Crippen LogP contribution is -1.78. The molecule has 0 spiro atoms. The highest BCUT2D eigenvalue weighted by molar-refractivity contribution is 5.78. The van der Waals surface area contributed by atoms with E-state index in [1.807, 2.05) is 12.1 Å². The van der Waals surface area contributed by atoms with Crippen molar-refractivity contribution in [1.29, 1.82) is 0 Å². The number of para-hydroxylation sites is 1. The van der Waals surface area contributed by atoms with Gasteiger partial charge in [-0.25, -0.2) is 0 Å². The average Bonchev–Trinajstić information content (AvgIpc) is 2.50. The molecule has 56 valence electrons. The van der Waals surface area contributed by atoms with E-state index in [-0.39, 0.29) is 0 Å². The van der Waals surface area contributed by atoms with Crippen LogP contribution in [0.3, 0.4) is 0 Å². The van der Waals surface area contributed by atoms with Crippen molar-refractivity contribution >= 4 is 11.0 Å². The Hall–Kier alpha value is -1.31. The molecule has 0 bridgehead atoms. The second-order valence-corrected chi connectivity index (χ2v) is 2.51. The first-order chi connectivity index (χ1) is 5.42. The zero-order chi connectivity index (χ0) is 7.68. The molecule has 0 aliphatic heterocycles. The number of aryl methyl sites for hydroxylation is 1. The van der Waals surface area contributed by atoms with Gasteiger partial charge in [0.15, 0.2) is 5.58 Å². The van der Waals surface area contributed by atoms with E-state index < -0.39 is 0 Å². The number of benzene rings is 1. The van der Waals surface area contributed by atoms with Gasteiger partial charge in [0.2, 0.25) is 0 Å². The summed E-state index contributed by atoms with van der Waals surface area (Å²) in [7, 11) is 0. The van der Waals surface area contributed by atoms with Crippen LogP contribution >= 0.6 is 0 Å². The lowest BCUT2D eigenvalue weighted by molar-refractivity contribution is 0.454. The molecule has 2 rings (SSSR count). The van der Waals surface area contributed by atoms with Crippen molar-refractivity contribution < 1.29 is 4.52 Å². The summed E-state index contributed by atoms with van der Waals surface area (Å²) in [5.74, 6) is 0. The highest BCUT2D eigenvalue weighted by atomic mass is 16.5. The summed E-state index contributed by atoms with van der Waals surface area (Å²) in [5, 5.41) is 4.82. The van der Waals surface area contributed by atoms with Crippen molar-refractivity contribution in [2.24, 2.45) is 0 Å². The SMILES string of the molecule is CCc1cccc2cnoc12. The lowest BCUT2D eigenvalue weighted by atomic mass is 10.1. The van der Waals surface area contributed by atoms with Gasteiger partial charge in [-0.2, -0.15) is 0 Å². The Morgan fingerprint density at radius 3 is 3.18 bits per heavy atom. The van der Waals surface area contributed by atoms with E-state index in [2.05, 4.69) is 18.1 Å². The van der Waals surface area contributed by atoms with Crippen LogP contribution in [-0.2, 0) is 6.42 Å². The van der Waals surface area contributed by atoms with Crippen LogP contribution in [0.15, 0.2) is 28.9 Å². The molecule has 2 aromatic rings. The quantitative estimate of drug-likeness (QED) is 0.619. The monoisotopic (exact) mass is 147 g/mol. The number of fused-ring (bicyclic) bond motifs is 1. The van der Waals surface area contributed by atoms with Crippen molar-refractivity contribution in [1.82, 2.24) is 5.16 Å². The van der Waals surface area contributed by atoms with E-state index >= 15 is 0 Å². The van der Waals surface area contributed by atoms with Crippen LogP contribution in [0.2, 0.25) is 0 Å². The van der Waals surface area contributed by atoms with E-state index in [9.17, 15) is 0 Å². The predicted octanol–water partition coefficient (Wildman–Crippen LogP) is 2.39. The fourth-order valence-corrected chi connectivity index (χ4v) is 1.23. The van der Waals surface area contributed by atoms with Crippen LogP contribution in [0.4, 0.5) is 0 Å². The lowest BCUT2D eigenvalue weighted by Gasteiger charge is -1.93. The van der Waals surface area contributed by atoms with Crippen LogP contribution in [0.1, 0.15) is 12.5 Å². The first-order valence-electron chi connectivity index (χ1n) is 3.74.